The first-order chi connectivity index (χ1) is 13.7. The fourth-order valence-electron chi connectivity index (χ4n) is 3.63. The Morgan fingerprint density at radius 3 is 2.68 bits per heavy atom. The molecule has 6 nitrogen and oxygen atoms in total. The average Bonchev–Trinajstić information content (AvgIpc) is 3.50. The van der Waals surface area contributed by atoms with Crippen LogP contribution in [-0.4, -0.2) is 28.0 Å². The molecular weight excluding hydrogens is 354 g/mol. The van der Waals surface area contributed by atoms with E-state index in [4.69, 9.17) is 14.1 Å². The zero-order chi connectivity index (χ0) is 19.1. The van der Waals surface area contributed by atoms with Crippen molar-refractivity contribution in [3.8, 4) is 5.75 Å². The molecule has 0 spiro atoms. The topological polar surface area (TPSA) is 71.4 Å². The standard InChI is InChI=1S/C22H21N3O3/c1-27-16-10-6-14(7-11-16)12-25(15-8-9-15)13-19-23-20-17-4-2-3-5-18(17)28-21(20)22(26)24-19/h2-7,10-11,15H,8-9,12-13H2,1H3,(H,23,24,26). The fourth-order valence-corrected chi connectivity index (χ4v) is 3.63. The van der Waals surface area contributed by atoms with E-state index >= 15 is 0 Å². The van der Waals surface area contributed by atoms with Crippen LogP contribution < -0.4 is 10.3 Å². The molecule has 0 atom stereocenters. The van der Waals surface area contributed by atoms with E-state index in [1.807, 2.05) is 36.4 Å². The monoisotopic (exact) mass is 375 g/mol. The van der Waals surface area contributed by atoms with Gasteiger partial charge < -0.3 is 14.1 Å². The highest BCUT2D eigenvalue weighted by atomic mass is 16.5. The highest BCUT2D eigenvalue weighted by Crippen LogP contribution is 2.30. The minimum atomic E-state index is -0.226. The number of H-pyrrole nitrogens is 1. The Bertz CT molecular complexity index is 1190. The van der Waals surface area contributed by atoms with E-state index in [1.165, 1.54) is 18.4 Å². The maximum atomic E-state index is 12.5. The zero-order valence-electron chi connectivity index (χ0n) is 15.6. The summed E-state index contributed by atoms with van der Waals surface area (Å²) in [7, 11) is 1.67. The van der Waals surface area contributed by atoms with Gasteiger partial charge in [-0.25, -0.2) is 4.98 Å². The molecule has 2 aromatic heterocycles. The summed E-state index contributed by atoms with van der Waals surface area (Å²) >= 11 is 0. The normalized spacial score (nSPS) is 14.2. The van der Waals surface area contributed by atoms with Gasteiger partial charge in [0.15, 0.2) is 0 Å². The molecule has 5 rings (SSSR count). The van der Waals surface area contributed by atoms with Gasteiger partial charge in [0, 0.05) is 18.0 Å². The Kier molecular flexibility index (Phi) is 4.13. The minimum absolute atomic E-state index is 0.226. The molecule has 0 aliphatic heterocycles. The molecule has 1 N–H and O–H groups in total. The molecule has 0 amide bonds. The van der Waals surface area contributed by atoms with Crippen molar-refractivity contribution in [2.75, 3.05) is 7.11 Å². The second kappa shape index (κ2) is 6.80. The lowest BCUT2D eigenvalue weighted by Gasteiger charge is -2.21. The summed E-state index contributed by atoms with van der Waals surface area (Å²) in [4.78, 5) is 22.6. The lowest BCUT2D eigenvalue weighted by Crippen LogP contribution is -2.27. The highest BCUT2D eigenvalue weighted by Gasteiger charge is 2.29. The summed E-state index contributed by atoms with van der Waals surface area (Å²) < 4.78 is 10.9. The van der Waals surface area contributed by atoms with Gasteiger partial charge in [0.2, 0.25) is 5.58 Å². The van der Waals surface area contributed by atoms with Crippen LogP contribution in [0.1, 0.15) is 24.2 Å². The smallest absolute Gasteiger partial charge is 0.294 e. The van der Waals surface area contributed by atoms with Crippen LogP contribution in [0.3, 0.4) is 0 Å². The van der Waals surface area contributed by atoms with Crippen molar-refractivity contribution >= 4 is 22.1 Å². The van der Waals surface area contributed by atoms with Gasteiger partial charge in [0.1, 0.15) is 22.7 Å². The van der Waals surface area contributed by atoms with Crippen LogP contribution in [0.5, 0.6) is 5.75 Å². The molecule has 4 aromatic rings. The van der Waals surface area contributed by atoms with E-state index in [0.29, 0.717) is 29.5 Å². The van der Waals surface area contributed by atoms with Crippen molar-refractivity contribution in [3.63, 3.8) is 0 Å². The molecule has 0 radical (unpaired) electrons. The van der Waals surface area contributed by atoms with E-state index in [9.17, 15) is 4.79 Å². The van der Waals surface area contributed by atoms with Gasteiger partial charge in [-0.05, 0) is 42.7 Å². The number of rotatable bonds is 6. The first-order valence-electron chi connectivity index (χ1n) is 9.48. The number of methoxy groups -OCH3 is 1. The third-order valence-corrected chi connectivity index (χ3v) is 5.24. The number of furan rings is 1. The van der Waals surface area contributed by atoms with E-state index in [2.05, 4.69) is 22.0 Å². The third-order valence-electron chi connectivity index (χ3n) is 5.24. The van der Waals surface area contributed by atoms with Gasteiger partial charge in [-0.3, -0.25) is 9.69 Å². The lowest BCUT2D eigenvalue weighted by atomic mass is 10.2. The summed E-state index contributed by atoms with van der Waals surface area (Å²) in [5.41, 5.74) is 2.60. The Morgan fingerprint density at radius 1 is 1.14 bits per heavy atom. The van der Waals surface area contributed by atoms with Gasteiger partial charge in [-0.15, -0.1) is 0 Å². The van der Waals surface area contributed by atoms with Crippen molar-refractivity contribution in [3.05, 3.63) is 70.3 Å². The molecule has 2 aromatic carbocycles. The van der Waals surface area contributed by atoms with Crippen LogP contribution in [0.4, 0.5) is 0 Å². The highest BCUT2D eigenvalue weighted by molar-refractivity contribution is 6.01. The summed E-state index contributed by atoms with van der Waals surface area (Å²) in [5, 5.41) is 0.873. The first-order valence-corrected chi connectivity index (χ1v) is 9.48. The number of nitrogens with zero attached hydrogens (tertiary/aromatic N) is 2. The van der Waals surface area contributed by atoms with Crippen LogP contribution in [0.2, 0.25) is 0 Å². The SMILES string of the molecule is COc1ccc(CN(Cc2nc3c(oc4ccccc43)c(=O)[nH]2)C2CC2)cc1. The molecule has 0 saturated heterocycles. The maximum absolute atomic E-state index is 12.5. The van der Waals surface area contributed by atoms with Crippen LogP contribution in [0.15, 0.2) is 57.7 Å². The zero-order valence-corrected chi connectivity index (χ0v) is 15.6. The lowest BCUT2D eigenvalue weighted by molar-refractivity contribution is 0.239. The van der Waals surface area contributed by atoms with Gasteiger partial charge in [-0.2, -0.15) is 0 Å². The average molecular weight is 375 g/mol. The molecular formula is C22H21N3O3. The number of hydrogen-bond donors (Lipinski definition) is 1. The predicted octanol–water partition coefficient (Wildman–Crippen LogP) is 3.84. The van der Waals surface area contributed by atoms with Crippen molar-refractivity contribution in [1.82, 2.24) is 14.9 Å². The molecule has 142 valence electrons. The number of hydrogen-bond acceptors (Lipinski definition) is 5. The Labute approximate surface area is 161 Å². The van der Waals surface area contributed by atoms with Crippen LogP contribution in [0.25, 0.3) is 22.1 Å². The molecule has 1 aliphatic rings. The summed E-state index contributed by atoms with van der Waals surface area (Å²) in [6.45, 7) is 1.41. The second-order valence-electron chi connectivity index (χ2n) is 7.27. The van der Waals surface area contributed by atoms with E-state index < -0.39 is 0 Å². The third kappa shape index (κ3) is 3.16. The van der Waals surface area contributed by atoms with E-state index in [0.717, 1.165) is 17.7 Å². The number of para-hydroxylation sites is 1. The number of ether oxygens (including phenoxy) is 1. The molecule has 1 aliphatic carbocycles. The Balaban J connectivity index is 1.46. The van der Waals surface area contributed by atoms with Crippen LogP contribution in [0, 0.1) is 0 Å². The maximum Gasteiger partial charge on any atom is 0.294 e. The molecule has 0 bridgehead atoms. The van der Waals surface area contributed by atoms with Crippen LogP contribution >= 0.6 is 0 Å². The summed E-state index contributed by atoms with van der Waals surface area (Å²) in [5.74, 6) is 1.52. The van der Waals surface area contributed by atoms with Gasteiger partial charge in [-0.1, -0.05) is 24.3 Å². The largest absolute Gasteiger partial charge is 0.497 e. The van der Waals surface area contributed by atoms with Crippen molar-refractivity contribution in [2.45, 2.75) is 32.0 Å². The molecule has 0 unspecified atom stereocenters. The van der Waals surface area contributed by atoms with Gasteiger partial charge in [0.25, 0.3) is 5.56 Å². The number of benzene rings is 2. The molecule has 1 fully saturated rings. The first kappa shape index (κ1) is 17.0. The van der Waals surface area contributed by atoms with Gasteiger partial charge in [0.05, 0.1) is 13.7 Å². The van der Waals surface area contributed by atoms with Crippen molar-refractivity contribution in [1.29, 1.82) is 0 Å². The molecule has 28 heavy (non-hydrogen) atoms. The van der Waals surface area contributed by atoms with Crippen molar-refractivity contribution in [2.24, 2.45) is 0 Å². The second-order valence-corrected chi connectivity index (χ2v) is 7.27. The molecule has 1 saturated carbocycles. The Morgan fingerprint density at radius 2 is 1.93 bits per heavy atom. The quantitative estimate of drug-likeness (QED) is 0.554. The predicted molar refractivity (Wildman–Crippen MR) is 107 cm³/mol. The minimum Gasteiger partial charge on any atom is -0.497 e. The molecule has 2 heterocycles. The Hall–Kier alpha value is -3.12. The van der Waals surface area contributed by atoms with Gasteiger partial charge >= 0.3 is 0 Å². The number of fused-ring (bicyclic) bond motifs is 3. The summed E-state index contributed by atoms with van der Waals surface area (Å²) in [6.07, 6.45) is 2.36. The number of nitrogens with one attached hydrogen (secondary N) is 1. The van der Waals surface area contributed by atoms with Crippen molar-refractivity contribution < 1.29 is 9.15 Å². The number of aromatic nitrogens is 2. The number of aromatic amines is 1. The van der Waals surface area contributed by atoms with E-state index in [-0.39, 0.29) is 11.1 Å². The molecule has 6 heteroatoms. The fraction of sp³-hybridized carbons (Fsp3) is 0.273. The summed E-state index contributed by atoms with van der Waals surface area (Å²) in [6, 6.07) is 16.3. The van der Waals surface area contributed by atoms with E-state index in [1.54, 1.807) is 7.11 Å². The van der Waals surface area contributed by atoms with Crippen LogP contribution in [-0.2, 0) is 13.1 Å².